The van der Waals surface area contributed by atoms with Crippen LogP contribution in [-0.4, -0.2) is 20.9 Å². The summed E-state index contributed by atoms with van der Waals surface area (Å²) in [4.78, 5) is 26.2. The number of aromatic nitrogens is 3. The highest BCUT2D eigenvalue weighted by atomic mass is 19.2. The Morgan fingerprint density at radius 3 is 2.63 bits per heavy atom. The number of benzene rings is 1. The number of fused-ring (bicyclic) bond motifs is 1. The Morgan fingerprint density at radius 1 is 0.886 bits per heavy atom. The molecule has 0 aliphatic heterocycles. The lowest BCUT2D eigenvalue weighted by molar-refractivity contribution is 0.0949. The molecule has 1 aliphatic rings. The van der Waals surface area contributed by atoms with Crippen LogP contribution >= 0.6 is 0 Å². The summed E-state index contributed by atoms with van der Waals surface area (Å²) in [6, 6.07) is 15.1. The average molecular weight is 469 g/mol. The summed E-state index contributed by atoms with van der Waals surface area (Å²) < 4.78 is 26.6. The van der Waals surface area contributed by atoms with Gasteiger partial charge in [-0.1, -0.05) is 18.2 Å². The first-order valence-corrected chi connectivity index (χ1v) is 11.3. The molecule has 5 rings (SSSR count). The van der Waals surface area contributed by atoms with Crippen molar-refractivity contribution in [1.82, 2.24) is 20.3 Å². The van der Waals surface area contributed by atoms with Gasteiger partial charge in [-0.05, 0) is 72.0 Å². The van der Waals surface area contributed by atoms with E-state index in [2.05, 4.69) is 38.5 Å². The Kier molecular flexibility index (Phi) is 6.39. The van der Waals surface area contributed by atoms with Crippen LogP contribution in [0, 0.1) is 11.6 Å². The molecule has 1 amide bonds. The van der Waals surface area contributed by atoms with E-state index >= 15 is 0 Å². The fraction of sp³-hybridized carbons (Fsp3) is 0.143. The molecule has 0 saturated carbocycles. The molecule has 35 heavy (non-hydrogen) atoms. The fourth-order valence-electron chi connectivity index (χ4n) is 4.23. The molecule has 1 aliphatic carbocycles. The van der Waals surface area contributed by atoms with Gasteiger partial charge in [0.25, 0.3) is 5.91 Å². The minimum atomic E-state index is -0.943. The number of halogens is 2. The third kappa shape index (κ3) is 4.99. The monoisotopic (exact) mass is 468 g/mol. The molecule has 174 valence electrons. The SMILES string of the molecule is O=C(NCc1ccc(F)c(F)c1)c1cccnc1CCc1cc(C2=CCc3ncccc32)ccn1. The standard InChI is InChI=1S/C28H22F2N4O/c29-24-8-5-18(15-25(24)30)17-34-28(35)23-4-2-13-33-27(23)9-6-20-16-19(11-14-31-20)21-7-10-26-22(21)3-1-12-32-26/h1-5,7-8,11-16H,6,9-10,17H2,(H,34,35). The smallest absolute Gasteiger partial charge is 0.253 e. The summed E-state index contributed by atoms with van der Waals surface area (Å²) >= 11 is 0. The number of nitrogens with one attached hydrogen (secondary N) is 1. The molecular formula is C28H22F2N4O. The first-order valence-electron chi connectivity index (χ1n) is 11.3. The molecule has 1 aromatic carbocycles. The molecule has 0 fully saturated rings. The lowest BCUT2D eigenvalue weighted by Crippen LogP contribution is -2.24. The summed E-state index contributed by atoms with van der Waals surface area (Å²) in [7, 11) is 0. The molecule has 3 heterocycles. The van der Waals surface area contributed by atoms with Crippen molar-refractivity contribution >= 4 is 11.5 Å². The van der Waals surface area contributed by atoms with Gasteiger partial charge in [0, 0.05) is 42.8 Å². The number of hydrogen-bond acceptors (Lipinski definition) is 4. The largest absolute Gasteiger partial charge is 0.348 e. The van der Waals surface area contributed by atoms with Crippen LogP contribution in [-0.2, 0) is 25.8 Å². The Bertz CT molecular complexity index is 1430. The zero-order valence-corrected chi connectivity index (χ0v) is 18.8. The minimum Gasteiger partial charge on any atom is -0.348 e. The van der Waals surface area contributed by atoms with Crippen LogP contribution in [0.3, 0.4) is 0 Å². The quantitative estimate of drug-likeness (QED) is 0.421. The molecule has 0 bridgehead atoms. The second-order valence-corrected chi connectivity index (χ2v) is 8.28. The molecule has 4 aromatic rings. The van der Waals surface area contributed by atoms with Crippen molar-refractivity contribution in [2.75, 3.05) is 0 Å². The second kappa shape index (κ2) is 9.93. The van der Waals surface area contributed by atoms with Gasteiger partial charge >= 0.3 is 0 Å². The van der Waals surface area contributed by atoms with Crippen LogP contribution < -0.4 is 5.32 Å². The van der Waals surface area contributed by atoms with E-state index in [1.165, 1.54) is 6.07 Å². The first-order chi connectivity index (χ1) is 17.1. The normalized spacial score (nSPS) is 12.2. The summed E-state index contributed by atoms with van der Waals surface area (Å²) in [5.74, 6) is -2.18. The van der Waals surface area contributed by atoms with E-state index in [1.807, 2.05) is 18.3 Å². The molecule has 0 atom stereocenters. The Hall–Kier alpha value is -4.26. The van der Waals surface area contributed by atoms with E-state index < -0.39 is 11.6 Å². The van der Waals surface area contributed by atoms with E-state index in [1.54, 1.807) is 24.5 Å². The van der Waals surface area contributed by atoms with Gasteiger partial charge in [-0.15, -0.1) is 0 Å². The van der Waals surface area contributed by atoms with Crippen molar-refractivity contribution in [3.63, 3.8) is 0 Å². The predicted molar refractivity (Wildman–Crippen MR) is 128 cm³/mol. The average Bonchev–Trinajstić information content (AvgIpc) is 3.33. The highest BCUT2D eigenvalue weighted by Crippen LogP contribution is 2.31. The Balaban J connectivity index is 1.27. The van der Waals surface area contributed by atoms with Gasteiger partial charge in [0.15, 0.2) is 11.6 Å². The maximum Gasteiger partial charge on any atom is 0.253 e. The number of allylic oxidation sites excluding steroid dienone is 1. The molecule has 0 radical (unpaired) electrons. The molecule has 0 spiro atoms. The number of rotatable bonds is 7. The predicted octanol–water partition coefficient (Wildman–Crippen LogP) is 4.85. The van der Waals surface area contributed by atoms with Crippen LogP contribution in [0.2, 0.25) is 0 Å². The number of amides is 1. The lowest BCUT2D eigenvalue weighted by atomic mass is 10.00. The third-order valence-electron chi connectivity index (χ3n) is 6.00. The number of aryl methyl sites for hydroxylation is 2. The van der Waals surface area contributed by atoms with Crippen LogP contribution in [0.4, 0.5) is 8.78 Å². The maximum absolute atomic E-state index is 13.4. The van der Waals surface area contributed by atoms with Crippen LogP contribution in [0.25, 0.3) is 5.57 Å². The number of nitrogens with zero attached hydrogens (tertiary/aromatic N) is 3. The van der Waals surface area contributed by atoms with Crippen molar-refractivity contribution in [1.29, 1.82) is 0 Å². The Morgan fingerprint density at radius 2 is 1.74 bits per heavy atom. The van der Waals surface area contributed by atoms with Gasteiger partial charge in [0.1, 0.15) is 0 Å². The number of carbonyl (C=O) groups is 1. The van der Waals surface area contributed by atoms with Gasteiger partial charge < -0.3 is 5.32 Å². The van der Waals surface area contributed by atoms with E-state index in [9.17, 15) is 13.6 Å². The molecule has 0 unspecified atom stereocenters. The van der Waals surface area contributed by atoms with Crippen molar-refractivity contribution in [2.45, 2.75) is 25.8 Å². The topological polar surface area (TPSA) is 67.8 Å². The van der Waals surface area contributed by atoms with Gasteiger partial charge in [0.2, 0.25) is 0 Å². The molecule has 5 nitrogen and oxygen atoms in total. The summed E-state index contributed by atoms with van der Waals surface area (Å²) in [5, 5.41) is 2.76. The number of hydrogen-bond donors (Lipinski definition) is 1. The molecule has 3 aromatic heterocycles. The van der Waals surface area contributed by atoms with Crippen molar-refractivity contribution in [3.05, 3.63) is 130 Å². The number of carbonyl (C=O) groups excluding carboxylic acids is 1. The van der Waals surface area contributed by atoms with E-state index in [0.29, 0.717) is 29.7 Å². The van der Waals surface area contributed by atoms with Crippen molar-refractivity contribution in [3.8, 4) is 0 Å². The molecule has 0 saturated heterocycles. The van der Waals surface area contributed by atoms with Gasteiger partial charge in [-0.25, -0.2) is 8.78 Å². The van der Waals surface area contributed by atoms with E-state index in [0.717, 1.165) is 46.6 Å². The van der Waals surface area contributed by atoms with Crippen molar-refractivity contribution in [2.24, 2.45) is 0 Å². The van der Waals surface area contributed by atoms with Crippen LogP contribution in [0.5, 0.6) is 0 Å². The fourth-order valence-corrected chi connectivity index (χ4v) is 4.23. The zero-order valence-electron chi connectivity index (χ0n) is 18.8. The number of pyridine rings is 3. The van der Waals surface area contributed by atoms with Crippen LogP contribution in [0.15, 0.2) is 79.3 Å². The van der Waals surface area contributed by atoms with E-state index in [4.69, 9.17) is 0 Å². The third-order valence-corrected chi connectivity index (χ3v) is 6.00. The maximum atomic E-state index is 13.4. The highest BCUT2D eigenvalue weighted by molar-refractivity contribution is 5.95. The Labute approximate surface area is 201 Å². The summed E-state index contributed by atoms with van der Waals surface area (Å²) in [6.07, 6.45) is 9.41. The van der Waals surface area contributed by atoms with Crippen molar-refractivity contribution < 1.29 is 13.6 Å². The van der Waals surface area contributed by atoms with Gasteiger partial charge in [0.05, 0.1) is 17.0 Å². The van der Waals surface area contributed by atoms with E-state index in [-0.39, 0.29) is 12.5 Å². The van der Waals surface area contributed by atoms with Gasteiger partial charge in [-0.2, -0.15) is 0 Å². The summed E-state index contributed by atoms with van der Waals surface area (Å²) in [6.45, 7) is 0.0827. The molecule has 7 heteroatoms. The first kappa shape index (κ1) is 22.5. The minimum absolute atomic E-state index is 0.0827. The van der Waals surface area contributed by atoms with Crippen LogP contribution in [0.1, 0.15) is 44.1 Å². The highest BCUT2D eigenvalue weighted by Gasteiger charge is 2.17. The lowest BCUT2D eigenvalue weighted by Gasteiger charge is -2.11. The zero-order chi connectivity index (χ0) is 24.2. The molecular weight excluding hydrogens is 446 g/mol. The summed E-state index contributed by atoms with van der Waals surface area (Å²) in [5.41, 5.74) is 6.95. The second-order valence-electron chi connectivity index (χ2n) is 8.28. The molecule has 1 N–H and O–H groups in total. The van der Waals surface area contributed by atoms with Gasteiger partial charge in [-0.3, -0.25) is 19.7 Å².